The molecule has 0 spiro atoms. The van der Waals surface area contributed by atoms with Crippen LogP contribution < -0.4 is 5.32 Å². The second-order valence-corrected chi connectivity index (χ2v) is 5.97. The van der Waals surface area contributed by atoms with Crippen LogP contribution in [-0.4, -0.2) is 28.4 Å². The van der Waals surface area contributed by atoms with Gasteiger partial charge in [-0.3, -0.25) is 20.2 Å². The second-order valence-electron chi connectivity index (χ2n) is 4.01. The predicted octanol–water partition coefficient (Wildman–Crippen LogP) is 2.94. The van der Waals surface area contributed by atoms with Gasteiger partial charge in [0.1, 0.15) is 0 Å². The van der Waals surface area contributed by atoms with Crippen LogP contribution in [0, 0.1) is 10.1 Å². The van der Waals surface area contributed by atoms with Crippen molar-refractivity contribution in [1.29, 1.82) is 0 Å². The van der Waals surface area contributed by atoms with Gasteiger partial charge in [-0.05, 0) is 19.1 Å². The van der Waals surface area contributed by atoms with Crippen molar-refractivity contribution in [3.05, 3.63) is 44.3 Å². The van der Waals surface area contributed by atoms with E-state index in [9.17, 15) is 19.7 Å². The minimum atomic E-state index is -0.550. The van der Waals surface area contributed by atoms with E-state index in [1.807, 2.05) is 0 Å². The minimum Gasteiger partial charge on any atom is -0.461 e. The Hall–Kier alpha value is -2.59. The fraction of sp³-hybridized carbons (Fsp3) is 0.154. The lowest BCUT2D eigenvalue weighted by Crippen LogP contribution is -2.09. The molecule has 2 aromatic heterocycles. The molecule has 2 aromatic rings. The van der Waals surface area contributed by atoms with Gasteiger partial charge in [0.25, 0.3) is 0 Å². The van der Waals surface area contributed by atoms with Gasteiger partial charge in [-0.1, -0.05) is 11.3 Å². The van der Waals surface area contributed by atoms with Gasteiger partial charge in [0.05, 0.1) is 11.5 Å². The van der Waals surface area contributed by atoms with Gasteiger partial charge in [-0.2, -0.15) is 0 Å². The average molecular weight is 353 g/mol. The molecule has 0 aliphatic carbocycles. The van der Waals surface area contributed by atoms with Crippen molar-refractivity contribution in [1.82, 2.24) is 4.98 Å². The number of anilines is 1. The Morgan fingerprint density at radius 2 is 2.26 bits per heavy atom. The Morgan fingerprint density at radius 3 is 2.91 bits per heavy atom. The highest BCUT2D eigenvalue weighted by atomic mass is 32.1. The van der Waals surface area contributed by atoms with Crippen LogP contribution in [0.2, 0.25) is 0 Å². The number of thiazole rings is 1. The quantitative estimate of drug-likeness (QED) is 0.370. The van der Waals surface area contributed by atoms with Gasteiger partial charge in [0, 0.05) is 22.4 Å². The molecule has 0 saturated carbocycles. The number of nitrogens with one attached hydrogen (secondary N) is 1. The third-order valence-corrected chi connectivity index (χ3v) is 4.17. The first-order chi connectivity index (χ1) is 11.0. The summed E-state index contributed by atoms with van der Waals surface area (Å²) < 4.78 is 4.80. The zero-order chi connectivity index (χ0) is 16.8. The van der Waals surface area contributed by atoms with Crippen molar-refractivity contribution in [2.45, 2.75) is 6.92 Å². The summed E-state index contributed by atoms with van der Waals surface area (Å²) in [4.78, 5) is 37.8. The van der Waals surface area contributed by atoms with Gasteiger partial charge >= 0.3 is 11.0 Å². The predicted molar refractivity (Wildman–Crippen MR) is 86.7 cm³/mol. The summed E-state index contributed by atoms with van der Waals surface area (Å²) in [6, 6.07) is 2.92. The number of nitro groups is 1. The van der Waals surface area contributed by atoms with Gasteiger partial charge in [0.15, 0.2) is 10.8 Å². The number of esters is 1. The lowest BCUT2D eigenvalue weighted by Gasteiger charge is -1.97. The molecule has 23 heavy (non-hydrogen) atoms. The smallest absolute Gasteiger partial charge is 0.357 e. The number of aromatic nitrogens is 1. The Morgan fingerprint density at radius 1 is 1.48 bits per heavy atom. The molecule has 0 saturated heterocycles. The molecule has 0 unspecified atom stereocenters. The van der Waals surface area contributed by atoms with E-state index in [0.29, 0.717) is 4.88 Å². The van der Waals surface area contributed by atoms with Crippen LogP contribution in [0.3, 0.4) is 0 Å². The van der Waals surface area contributed by atoms with Gasteiger partial charge < -0.3 is 4.74 Å². The molecule has 0 fully saturated rings. The fourth-order valence-corrected chi connectivity index (χ4v) is 2.87. The second kappa shape index (κ2) is 7.61. The molecular weight excluding hydrogens is 342 g/mol. The Labute approximate surface area is 138 Å². The van der Waals surface area contributed by atoms with Gasteiger partial charge in [0.2, 0.25) is 5.91 Å². The molecule has 0 atom stereocenters. The number of rotatable bonds is 6. The highest BCUT2D eigenvalue weighted by molar-refractivity contribution is 7.16. The topological polar surface area (TPSA) is 111 Å². The van der Waals surface area contributed by atoms with E-state index in [0.717, 1.165) is 22.7 Å². The third kappa shape index (κ3) is 4.69. The Bertz CT molecular complexity index is 765. The molecule has 1 amide bonds. The number of hydrogen-bond donors (Lipinski definition) is 1. The zero-order valence-electron chi connectivity index (χ0n) is 11.8. The van der Waals surface area contributed by atoms with Crippen molar-refractivity contribution in [3.8, 4) is 0 Å². The van der Waals surface area contributed by atoms with Crippen molar-refractivity contribution in [2.75, 3.05) is 11.9 Å². The molecule has 1 N–H and O–H groups in total. The summed E-state index contributed by atoms with van der Waals surface area (Å²) in [6.45, 7) is 1.93. The monoisotopic (exact) mass is 353 g/mol. The largest absolute Gasteiger partial charge is 0.461 e. The average Bonchev–Trinajstić information content (AvgIpc) is 3.14. The van der Waals surface area contributed by atoms with E-state index in [-0.39, 0.29) is 22.4 Å². The van der Waals surface area contributed by atoms with Crippen LogP contribution in [-0.2, 0) is 9.53 Å². The van der Waals surface area contributed by atoms with Crippen LogP contribution >= 0.6 is 22.7 Å². The summed E-state index contributed by atoms with van der Waals surface area (Å²) in [6.07, 6.45) is 2.70. The van der Waals surface area contributed by atoms with Crippen LogP contribution in [0.15, 0.2) is 23.6 Å². The highest BCUT2D eigenvalue weighted by Crippen LogP contribution is 2.24. The van der Waals surface area contributed by atoms with E-state index in [4.69, 9.17) is 4.74 Å². The van der Waals surface area contributed by atoms with Crippen molar-refractivity contribution >= 4 is 50.8 Å². The molecular formula is C13H11N3O5S2. The number of carbonyl (C=O) groups is 2. The summed E-state index contributed by atoms with van der Waals surface area (Å²) in [5, 5.41) is 14.8. The van der Waals surface area contributed by atoms with Crippen LogP contribution in [0.25, 0.3) is 6.08 Å². The standard InChI is InChI=1S/C13H11N3O5S2/c1-2-21-12(18)9-7-22-13(14-9)15-10(17)5-3-8-4-6-11(23-8)16(19)20/h3-7H,2H2,1H3,(H,14,15,17)/b5-3+. The molecule has 120 valence electrons. The molecule has 2 heterocycles. The number of amides is 1. The maximum atomic E-state index is 11.8. The zero-order valence-corrected chi connectivity index (χ0v) is 13.5. The normalized spacial score (nSPS) is 10.7. The number of carbonyl (C=O) groups excluding carboxylic acids is 2. The molecule has 0 aromatic carbocycles. The Kier molecular flexibility index (Phi) is 5.55. The fourth-order valence-electron chi connectivity index (χ4n) is 1.46. The summed E-state index contributed by atoms with van der Waals surface area (Å²) >= 11 is 2.06. The maximum Gasteiger partial charge on any atom is 0.357 e. The van der Waals surface area contributed by atoms with Gasteiger partial charge in [-0.25, -0.2) is 9.78 Å². The van der Waals surface area contributed by atoms with Gasteiger partial charge in [-0.15, -0.1) is 11.3 Å². The van der Waals surface area contributed by atoms with Crippen molar-refractivity contribution in [2.24, 2.45) is 0 Å². The first-order valence-electron chi connectivity index (χ1n) is 6.35. The van der Waals surface area contributed by atoms with Crippen molar-refractivity contribution < 1.29 is 19.2 Å². The summed E-state index contributed by atoms with van der Waals surface area (Å²) in [5.41, 5.74) is 0.130. The SMILES string of the molecule is CCOC(=O)c1csc(NC(=O)/C=C/c2ccc([N+](=O)[O-])s2)n1. The third-order valence-electron chi connectivity index (χ3n) is 2.41. The Balaban J connectivity index is 1.95. The highest BCUT2D eigenvalue weighted by Gasteiger charge is 2.12. The van der Waals surface area contributed by atoms with E-state index in [1.54, 1.807) is 13.0 Å². The van der Waals surface area contributed by atoms with E-state index >= 15 is 0 Å². The molecule has 0 aliphatic rings. The lowest BCUT2D eigenvalue weighted by molar-refractivity contribution is -0.380. The molecule has 2 rings (SSSR count). The van der Waals surface area contributed by atoms with E-state index in [2.05, 4.69) is 10.3 Å². The first-order valence-corrected chi connectivity index (χ1v) is 8.05. The number of thiophene rings is 1. The number of hydrogen-bond acceptors (Lipinski definition) is 8. The summed E-state index contributed by atoms with van der Waals surface area (Å²) in [5.74, 6) is -1.00. The van der Waals surface area contributed by atoms with Crippen LogP contribution in [0.1, 0.15) is 22.3 Å². The first kappa shape index (κ1) is 16.8. The van der Waals surface area contributed by atoms with Crippen LogP contribution in [0.4, 0.5) is 10.1 Å². The number of nitrogens with zero attached hydrogens (tertiary/aromatic N) is 2. The molecule has 0 radical (unpaired) electrons. The minimum absolute atomic E-state index is 0.00376. The van der Waals surface area contributed by atoms with E-state index in [1.165, 1.54) is 23.6 Å². The molecule has 0 aliphatic heterocycles. The number of ether oxygens (including phenoxy) is 1. The van der Waals surface area contributed by atoms with E-state index < -0.39 is 16.8 Å². The lowest BCUT2D eigenvalue weighted by atomic mass is 10.4. The van der Waals surface area contributed by atoms with Crippen molar-refractivity contribution in [3.63, 3.8) is 0 Å². The van der Waals surface area contributed by atoms with Crippen LogP contribution in [0.5, 0.6) is 0 Å². The summed E-state index contributed by atoms with van der Waals surface area (Å²) in [7, 11) is 0. The maximum absolute atomic E-state index is 11.8. The molecule has 8 nitrogen and oxygen atoms in total. The molecule has 0 bridgehead atoms. The molecule has 10 heteroatoms.